The largest absolute Gasteiger partial charge is 0.451 e. The van der Waals surface area contributed by atoms with Crippen molar-refractivity contribution in [2.75, 3.05) is 28.4 Å². The van der Waals surface area contributed by atoms with Gasteiger partial charge in [-0.05, 0) is 6.92 Å². The van der Waals surface area contributed by atoms with Crippen LogP contribution in [0.5, 0.6) is 0 Å². The van der Waals surface area contributed by atoms with E-state index in [2.05, 4.69) is 15.4 Å². The van der Waals surface area contributed by atoms with Gasteiger partial charge in [0.05, 0.1) is 11.5 Å². The molecule has 0 aromatic carbocycles. The summed E-state index contributed by atoms with van der Waals surface area (Å²) >= 11 is 0. The van der Waals surface area contributed by atoms with Crippen molar-refractivity contribution in [2.24, 2.45) is 5.84 Å². The lowest BCUT2D eigenvalue weighted by atomic mass is 10.3. The van der Waals surface area contributed by atoms with E-state index in [1.165, 1.54) is 11.0 Å². The molecule has 1 aliphatic heterocycles. The lowest BCUT2D eigenvalue weighted by molar-refractivity contribution is -0.144. The number of hydrogen-bond donors (Lipinski definition) is 2. The Morgan fingerprint density at radius 3 is 2.62 bits per heavy atom. The van der Waals surface area contributed by atoms with Crippen molar-refractivity contribution in [3.8, 4) is 0 Å². The van der Waals surface area contributed by atoms with Crippen LogP contribution >= 0.6 is 0 Å². The quantitative estimate of drug-likeness (QED) is 0.599. The SMILES string of the molecule is CC1CS(=O)(=O)CCN1c1cc(NN)nc(C(F)(F)F)n1. The zero-order valence-electron chi connectivity index (χ0n) is 11.1. The minimum atomic E-state index is -4.72. The minimum Gasteiger partial charge on any atom is -0.352 e. The van der Waals surface area contributed by atoms with Crippen molar-refractivity contribution in [2.45, 2.75) is 19.1 Å². The predicted octanol–water partition coefficient (Wildman–Crippen LogP) is 0.404. The van der Waals surface area contributed by atoms with Gasteiger partial charge in [0.2, 0.25) is 5.82 Å². The Kier molecular flexibility index (Phi) is 3.97. The number of hydrogen-bond acceptors (Lipinski definition) is 7. The van der Waals surface area contributed by atoms with E-state index in [0.717, 1.165) is 0 Å². The molecular weight excluding hydrogens is 311 g/mol. The number of alkyl halides is 3. The first-order chi connectivity index (χ1) is 9.62. The molecule has 0 aliphatic carbocycles. The second-order valence-corrected chi connectivity index (χ2v) is 6.96. The summed E-state index contributed by atoms with van der Waals surface area (Å²) in [6.07, 6.45) is -4.72. The number of aromatic nitrogens is 2. The Morgan fingerprint density at radius 1 is 1.43 bits per heavy atom. The first kappa shape index (κ1) is 15.8. The molecule has 0 amide bonds. The maximum Gasteiger partial charge on any atom is 0.451 e. The fourth-order valence-corrected chi connectivity index (χ4v) is 3.68. The lowest BCUT2D eigenvalue weighted by Gasteiger charge is -2.34. The van der Waals surface area contributed by atoms with E-state index >= 15 is 0 Å². The highest BCUT2D eigenvalue weighted by molar-refractivity contribution is 7.91. The molecule has 0 spiro atoms. The second kappa shape index (κ2) is 5.30. The van der Waals surface area contributed by atoms with Gasteiger partial charge < -0.3 is 10.3 Å². The molecule has 0 saturated carbocycles. The summed E-state index contributed by atoms with van der Waals surface area (Å²) in [6, 6.07) is 0.772. The van der Waals surface area contributed by atoms with Crippen LogP contribution in [0.2, 0.25) is 0 Å². The van der Waals surface area contributed by atoms with Crippen LogP contribution in [0.25, 0.3) is 0 Å². The van der Waals surface area contributed by atoms with Gasteiger partial charge in [-0.15, -0.1) is 0 Å². The highest BCUT2D eigenvalue weighted by Crippen LogP contribution is 2.30. The van der Waals surface area contributed by atoms with Crippen molar-refractivity contribution in [3.63, 3.8) is 0 Å². The molecule has 2 rings (SSSR count). The summed E-state index contributed by atoms with van der Waals surface area (Å²) < 4.78 is 61.3. The third-order valence-electron chi connectivity index (χ3n) is 3.08. The first-order valence-corrected chi connectivity index (χ1v) is 7.84. The number of sulfone groups is 1. The Balaban J connectivity index is 2.40. The van der Waals surface area contributed by atoms with Gasteiger partial charge in [0.15, 0.2) is 9.84 Å². The monoisotopic (exact) mass is 325 g/mol. The summed E-state index contributed by atoms with van der Waals surface area (Å²) in [7, 11) is -3.17. The van der Waals surface area contributed by atoms with Crippen molar-refractivity contribution >= 4 is 21.5 Å². The van der Waals surface area contributed by atoms with Crippen LogP contribution in [-0.4, -0.2) is 42.5 Å². The van der Waals surface area contributed by atoms with Crippen molar-refractivity contribution in [3.05, 3.63) is 11.9 Å². The average molecular weight is 325 g/mol. The third kappa shape index (κ3) is 3.53. The fraction of sp³-hybridized carbons (Fsp3) is 0.600. The molecule has 0 radical (unpaired) electrons. The maximum atomic E-state index is 12.8. The molecule has 2 heterocycles. The van der Waals surface area contributed by atoms with E-state index in [1.807, 2.05) is 0 Å². The van der Waals surface area contributed by atoms with Gasteiger partial charge in [-0.3, -0.25) is 0 Å². The van der Waals surface area contributed by atoms with E-state index < -0.39 is 27.9 Å². The van der Waals surface area contributed by atoms with Crippen molar-refractivity contribution in [1.29, 1.82) is 0 Å². The molecule has 1 fully saturated rings. The van der Waals surface area contributed by atoms with Gasteiger partial charge >= 0.3 is 6.18 Å². The molecule has 3 N–H and O–H groups in total. The normalized spacial score (nSPS) is 22.1. The van der Waals surface area contributed by atoms with Gasteiger partial charge in [0, 0.05) is 18.7 Å². The van der Waals surface area contributed by atoms with Crippen molar-refractivity contribution < 1.29 is 21.6 Å². The summed E-state index contributed by atoms with van der Waals surface area (Å²) in [4.78, 5) is 8.23. The second-order valence-electron chi connectivity index (χ2n) is 4.73. The van der Waals surface area contributed by atoms with Crippen molar-refractivity contribution in [1.82, 2.24) is 9.97 Å². The number of nitrogens with one attached hydrogen (secondary N) is 1. The number of nitrogens with two attached hydrogens (primary N) is 1. The van der Waals surface area contributed by atoms with Gasteiger partial charge in [0.25, 0.3) is 0 Å². The molecule has 0 bridgehead atoms. The molecule has 11 heteroatoms. The fourth-order valence-electron chi connectivity index (χ4n) is 2.12. The van der Waals surface area contributed by atoms with Crippen LogP contribution in [0.1, 0.15) is 12.7 Å². The van der Waals surface area contributed by atoms with Crippen LogP contribution < -0.4 is 16.2 Å². The molecule has 1 unspecified atom stereocenters. The van der Waals surface area contributed by atoms with E-state index in [1.54, 1.807) is 6.92 Å². The summed E-state index contributed by atoms with van der Waals surface area (Å²) in [5.74, 6) is 3.33. The van der Waals surface area contributed by atoms with E-state index in [4.69, 9.17) is 5.84 Å². The number of anilines is 2. The third-order valence-corrected chi connectivity index (χ3v) is 4.87. The Labute approximate surface area is 119 Å². The average Bonchev–Trinajstić information content (AvgIpc) is 2.36. The lowest BCUT2D eigenvalue weighted by Crippen LogP contribution is -2.47. The molecule has 118 valence electrons. The summed E-state index contributed by atoms with van der Waals surface area (Å²) in [6.45, 7) is 1.68. The van der Waals surface area contributed by atoms with E-state index in [9.17, 15) is 21.6 Å². The van der Waals surface area contributed by atoms with Crippen LogP contribution in [0.15, 0.2) is 6.07 Å². The minimum absolute atomic E-state index is 0.00678. The summed E-state index contributed by atoms with van der Waals surface area (Å²) in [5, 5.41) is 0. The van der Waals surface area contributed by atoms with E-state index in [-0.39, 0.29) is 29.7 Å². The van der Waals surface area contributed by atoms with Gasteiger partial charge in [-0.25, -0.2) is 24.2 Å². The first-order valence-electron chi connectivity index (χ1n) is 6.02. The van der Waals surface area contributed by atoms with Crippen LogP contribution in [-0.2, 0) is 16.0 Å². The highest BCUT2D eigenvalue weighted by atomic mass is 32.2. The van der Waals surface area contributed by atoms with Crippen LogP contribution in [0, 0.1) is 0 Å². The smallest absolute Gasteiger partial charge is 0.352 e. The van der Waals surface area contributed by atoms with Crippen LogP contribution in [0.4, 0.5) is 24.8 Å². The van der Waals surface area contributed by atoms with E-state index in [0.29, 0.717) is 0 Å². The maximum absolute atomic E-state index is 12.8. The Bertz CT molecular complexity index is 634. The van der Waals surface area contributed by atoms with Gasteiger partial charge in [0.1, 0.15) is 11.6 Å². The Hall–Kier alpha value is -1.62. The zero-order chi connectivity index (χ0) is 15.8. The molecule has 1 aliphatic rings. The number of nitrogen functional groups attached to an aromatic ring is 1. The molecule has 7 nitrogen and oxygen atoms in total. The summed E-state index contributed by atoms with van der Waals surface area (Å²) in [5.41, 5.74) is 2.05. The number of halogens is 3. The molecule has 21 heavy (non-hydrogen) atoms. The van der Waals surface area contributed by atoms with Gasteiger partial charge in [-0.2, -0.15) is 13.2 Å². The predicted molar refractivity (Wildman–Crippen MR) is 70.3 cm³/mol. The topological polar surface area (TPSA) is 101 Å². The standard InChI is InChI=1S/C10H14F3N5O2S/c1-6-5-21(19,20)3-2-18(6)8-4-7(17-14)15-9(16-8)10(11,12)13/h4,6H,2-3,5,14H2,1H3,(H,15,16,17). The molecule has 1 saturated heterocycles. The Morgan fingerprint density at radius 2 is 2.10 bits per heavy atom. The highest BCUT2D eigenvalue weighted by Gasteiger charge is 2.37. The number of nitrogens with zero attached hydrogens (tertiary/aromatic N) is 3. The molecule has 1 aromatic rings. The van der Waals surface area contributed by atoms with Crippen LogP contribution in [0.3, 0.4) is 0 Å². The van der Waals surface area contributed by atoms with Gasteiger partial charge in [-0.1, -0.05) is 0 Å². The number of rotatable bonds is 2. The molecule has 1 aromatic heterocycles. The zero-order valence-corrected chi connectivity index (χ0v) is 11.9. The molecular formula is C10H14F3N5O2S. The molecule has 1 atom stereocenters. The number of hydrazine groups is 1.